The Morgan fingerprint density at radius 1 is 1.18 bits per heavy atom. The molecule has 124 valence electrons. The van der Waals surface area contributed by atoms with Crippen molar-refractivity contribution in [3.63, 3.8) is 0 Å². The monoisotopic (exact) mass is 308 g/mol. The van der Waals surface area contributed by atoms with E-state index in [0.717, 1.165) is 58.2 Å². The van der Waals surface area contributed by atoms with E-state index < -0.39 is 5.60 Å². The van der Waals surface area contributed by atoms with Crippen LogP contribution in [0.25, 0.3) is 0 Å². The molecule has 3 rings (SSSR count). The largest absolute Gasteiger partial charge is 0.389 e. The van der Waals surface area contributed by atoms with Gasteiger partial charge < -0.3 is 15.3 Å². The molecule has 1 aliphatic heterocycles. The van der Waals surface area contributed by atoms with Crippen molar-refractivity contribution in [2.75, 3.05) is 19.6 Å². The summed E-state index contributed by atoms with van der Waals surface area (Å²) >= 11 is 0. The van der Waals surface area contributed by atoms with Crippen LogP contribution in [0.3, 0.4) is 0 Å². The number of hydrogen-bond donors (Lipinski definition) is 2. The maximum Gasteiger partial charge on any atom is 0.224 e. The number of likely N-dealkylation sites (tertiary alicyclic amines) is 1. The number of piperidine rings is 1. The van der Waals surface area contributed by atoms with Crippen LogP contribution in [0.15, 0.2) is 0 Å². The Bertz CT molecular complexity index is 416. The number of carbonyl (C=O) groups is 2. The number of hydrogen-bond acceptors (Lipinski definition) is 4. The van der Waals surface area contributed by atoms with Gasteiger partial charge in [0.25, 0.3) is 0 Å². The van der Waals surface area contributed by atoms with Gasteiger partial charge in [0.15, 0.2) is 0 Å². The number of nitrogens with zero attached hydrogens (tertiary/aromatic N) is 1. The highest BCUT2D eigenvalue weighted by atomic mass is 16.3. The molecule has 3 aliphatic rings. The molecule has 0 aromatic carbocycles. The summed E-state index contributed by atoms with van der Waals surface area (Å²) in [4.78, 5) is 25.3. The Morgan fingerprint density at radius 2 is 1.82 bits per heavy atom. The summed E-state index contributed by atoms with van der Waals surface area (Å²) in [6.07, 6.45) is 8.14. The predicted molar refractivity (Wildman–Crippen MR) is 83.4 cm³/mol. The van der Waals surface area contributed by atoms with Gasteiger partial charge in [-0.05, 0) is 25.7 Å². The zero-order valence-electron chi connectivity index (χ0n) is 13.4. The number of Topliss-reactive ketones (excluding diaryl/α,β-unsaturated/α-hetero) is 1. The zero-order valence-corrected chi connectivity index (χ0v) is 13.4. The van der Waals surface area contributed by atoms with Crippen LogP contribution in [-0.2, 0) is 9.59 Å². The van der Waals surface area contributed by atoms with Crippen molar-refractivity contribution in [1.29, 1.82) is 0 Å². The summed E-state index contributed by atoms with van der Waals surface area (Å²) in [5.41, 5.74) is -0.485. The van der Waals surface area contributed by atoms with Crippen LogP contribution in [0.1, 0.15) is 57.8 Å². The molecule has 0 radical (unpaired) electrons. The SMILES string of the molecule is O=C1CC(C(=O)NC2CCN(CC3(O)CCCCC3)CC2)C1. The highest BCUT2D eigenvalue weighted by Gasteiger charge is 2.35. The lowest BCUT2D eigenvalue weighted by Crippen LogP contribution is -2.51. The van der Waals surface area contributed by atoms with Crippen LogP contribution < -0.4 is 5.32 Å². The van der Waals surface area contributed by atoms with Crippen molar-refractivity contribution in [3.05, 3.63) is 0 Å². The normalized spacial score (nSPS) is 27.4. The molecule has 5 nitrogen and oxygen atoms in total. The van der Waals surface area contributed by atoms with Crippen molar-refractivity contribution in [2.24, 2.45) is 5.92 Å². The average molecular weight is 308 g/mol. The maximum absolute atomic E-state index is 12.0. The topological polar surface area (TPSA) is 69.6 Å². The van der Waals surface area contributed by atoms with Gasteiger partial charge in [-0.1, -0.05) is 19.3 Å². The first kappa shape index (κ1) is 15.9. The molecule has 0 unspecified atom stereocenters. The minimum atomic E-state index is -0.485. The molecule has 1 saturated heterocycles. The third-order valence-electron chi connectivity index (χ3n) is 5.56. The van der Waals surface area contributed by atoms with E-state index in [1.807, 2.05) is 0 Å². The fourth-order valence-electron chi connectivity index (χ4n) is 4.01. The molecule has 3 fully saturated rings. The molecule has 0 aromatic rings. The molecule has 5 heteroatoms. The lowest BCUT2D eigenvalue weighted by atomic mass is 9.83. The highest BCUT2D eigenvalue weighted by molar-refractivity contribution is 5.96. The molecule has 1 amide bonds. The minimum Gasteiger partial charge on any atom is -0.389 e. The van der Waals surface area contributed by atoms with Crippen molar-refractivity contribution < 1.29 is 14.7 Å². The number of β-amino-alcohol motifs (C(OH)–C–C–N with tert-alkyl or cyclic N) is 1. The summed E-state index contributed by atoms with van der Waals surface area (Å²) < 4.78 is 0. The number of nitrogens with one attached hydrogen (secondary N) is 1. The Labute approximate surface area is 132 Å². The van der Waals surface area contributed by atoms with Crippen LogP contribution in [0.2, 0.25) is 0 Å². The Hall–Kier alpha value is -0.940. The van der Waals surface area contributed by atoms with Gasteiger partial charge in [-0.25, -0.2) is 0 Å². The van der Waals surface area contributed by atoms with Gasteiger partial charge in [-0.15, -0.1) is 0 Å². The van der Waals surface area contributed by atoms with E-state index in [4.69, 9.17) is 0 Å². The standard InChI is InChI=1S/C17H28N2O3/c20-15-10-13(11-15)16(21)18-14-4-8-19(9-5-14)12-17(22)6-2-1-3-7-17/h13-14,22H,1-12H2,(H,18,21). The molecular weight excluding hydrogens is 280 g/mol. The molecule has 2 saturated carbocycles. The lowest BCUT2D eigenvalue weighted by Gasteiger charge is -2.40. The maximum atomic E-state index is 12.0. The first-order chi connectivity index (χ1) is 10.5. The average Bonchev–Trinajstić information content (AvgIpc) is 2.46. The minimum absolute atomic E-state index is 0.0592. The van der Waals surface area contributed by atoms with Gasteiger partial charge in [-0.2, -0.15) is 0 Å². The fourth-order valence-corrected chi connectivity index (χ4v) is 4.01. The Morgan fingerprint density at radius 3 is 2.41 bits per heavy atom. The second kappa shape index (κ2) is 6.67. The van der Waals surface area contributed by atoms with Crippen molar-refractivity contribution >= 4 is 11.7 Å². The number of amides is 1. The van der Waals surface area contributed by atoms with Gasteiger partial charge >= 0.3 is 0 Å². The van der Waals surface area contributed by atoms with Gasteiger partial charge in [0, 0.05) is 38.5 Å². The third kappa shape index (κ3) is 3.87. The smallest absolute Gasteiger partial charge is 0.224 e. The molecule has 0 spiro atoms. The zero-order chi connectivity index (χ0) is 15.6. The number of rotatable bonds is 4. The number of aliphatic hydroxyl groups is 1. The summed E-state index contributed by atoms with van der Waals surface area (Å²) in [5.74, 6) is 0.188. The van der Waals surface area contributed by atoms with Gasteiger partial charge in [0.2, 0.25) is 5.91 Å². The van der Waals surface area contributed by atoms with E-state index >= 15 is 0 Å². The second-order valence-corrected chi connectivity index (χ2v) is 7.49. The van der Waals surface area contributed by atoms with Gasteiger partial charge in [0.05, 0.1) is 11.5 Å². The summed E-state index contributed by atoms with van der Waals surface area (Å²) in [6.45, 7) is 2.67. The molecule has 2 N–H and O–H groups in total. The van der Waals surface area contributed by atoms with E-state index in [9.17, 15) is 14.7 Å². The number of ketones is 1. The van der Waals surface area contributed by atoms with Crippen LogP contribution in [0, 0.1) is 5.92 Å². The quantitative estimate of drug-likeness (QED) is 0.820. The van der Waals surface area contributed by atoms with Gasteiger partial charge in [-0.3, -0.25) is 9.59 Å². The fraction of sp³-hybridized carbons (Fsp3) is 0.882. The van der Waals surface area contributed by atoms with Crippen LogP contribution in [-0.4, -0.2) is 53.0 Å². The third-order valence-corrected chi connectivity index (χ3v) is 5.56. The van der Waals surface area contributed by atoms with Crippen molar-refractivity contribution in [1.82, 2.24) is 10.2 Å². The van der Waals surface area contributed by atoms with Crippen LogP contribution in [0.5, 0.6) is 0 Å². The van der Waals surface area contributed by atoms with Crippen LogP contribution >= 0.6 is 0 Å². The van der Waals surface area contributed by atoms with Crippen molar-refractivity contribution in [3.8, 4) is 0 Å². The van der Waals surface area contributed by atoms with Crippen molar-refractivity contribution in [2.45, 2.75) is 69.4 Å². The van der Waals surface area contributed by atoms with E-state index in [-0.39, 0.29) is 23.7 Å². The van der Waals surface area contributed by atoms with E-state index in [2.05, 4.69) is 10.2 Å². The lowest BCUT2D eigenvalue weighted by molar-refractivity contribution is -0.138. The molecule has 0 aromatic heterocycles. The van der Waals surface area contributed by atoms with E-state index in [0.29, 0.717) is 12.8 Å². The number of carbonyl (C=O) groups excluding carboxylic acids is 2. The Balaban J connectivity index is 1.38. The van der Waals surface area contributed by atoms with E-state index in [1.54, 1.807) is 0 Å². The first-order valence-corrected chi connectivity index (χ1v) is 8.81. The van der Waals surface area contributed by atoms with Crippen LogP contribution in [0.4, 0.5) is 0 Å². The first-order valence-electron chi connectivity index (χ1n) is 8.81. The van der Waals surface area contributed by atoms with E-state index in [1.165, 1.54) is 6.42 Å². The summed E-state index contributed by atoms with van der Waals surface area (Å²) in [6, 6.07) is 0.237. The molecule has 1 heterocycles. The van der Waals surface area contributed by atoms with Gasteiger partial charge in [0.1, 0.15) is 5.78 Å². The molecule has 2 aliphatic carbocycles. The predicted octanol–water partition coefficient (Wildman–Crippen LogP) is 1.24. The molecule has 0 atom stereocenters. The summed E-state index contributed by atoms with van der Waals surface area (Å²) in [5, 5.41) is 13.7. The summed E-state index contributed by atoms with van der Waals surface area (Å²) in [7, 11) is 0. The molecule has 22 heavy (non-hydrogen) atoms. The Kier molecular flexibility index (Phi) is 4.83. The second-order valence-electron chi connectivity index (χ2n) is 7.49. The molecular formula is C17H28N2O3. The molecule has 0 bridgehead atoms. The highest BCUT2D eigenvalue weighted by Crippen LogP contribution is 2.30.